The molecule has 1 heterocycles. The summed E-state index contributed by atoms with van der Waals surface area (Å²) in [6.45, 7) is 7.44. The van der Waals surface area contributed by atoms with E-state index in [0.29, 0.717) is 25.4 Å². The van der Waals surface area contributed by atoms with Crippen molar-refractivity contribution in [2.45, 2.75) is 26.3 Å². The van der Waals surface area contributed by atoms with Crippen LogP contribution in [0.3, 0.4) is 0 Å². The van der Waals surface area contributed by atoms with E-state index < -0.39 is 11.8 Å². The Morgan fingerprint density at radius 3 is 2.86 bits per heavy atom. The van der Waals surface area contributed by atoms with Crippen LogP contribution in [-0.4, -0.2) is 37.9 Å². The maximum Gasteiger partial charge on any atom is 0.340 e. The summed E-state index contributed by atoms with van der Waals surface area (Å²) >= 11 is 0. The van der Waals surface area contributed by atoms with E-state index in [1.54, 1.807) is 6.92 Å². The van der Waals surface area contributed by atoms with Crippen molar-refractivity contribution >= 4 is 17.3 Å². The van der Waals surface area contributed by atoms with Crippen molar-refractivity contribution in [3.63, 3.8) is 0 Å². The number of nitrogens with zero attached hydrogens (tertiary/aromatic N) is 1. The highest BCUT2D eigenvalue weighted by Crippen LogP contribution is 2.32. The summed E-state index contributed by atoms with van der Waals surface area (Å²) in [5, 5.41) is 0. The number of esters is 1. The Balaban J connectivity index is 2.43. The van der Waals surface area contributed by atoms with Crippen LogP contribution in [0.1, 0.15) is 31.1 Å². The van der Waals surface area contributed by atoms with Crippen LogP contribution < -0.4 is 10.6 Å². The normalized spacial score (nSPS) is 17.6. The molecule has 0 aliphatic carbocycles. The first-order chi connectivity index (χ1) is 9.86. The van der Waals surface area contributed by atoms with E-state index in [0.717, 1.165) is 0 Å². The van der Waals surface area contributed by atoms with Gasteiger partial charge >= 0.3 is 5.97 Å². The number of hydrogen-bond acceptors (Lipinski definition) is 5. The molecule has 21 heavy (non-hydrogen) atoms. The van der Waals surface area contributed by atoms with Crippen LogP contribution in [0.5, 0.6) is 0 Å². The monoisotopic (exact) mass is 296 g/mol. The van der Waals surface area contributed by atoms with Crippen LogP contribution in [0.4, 0.5) is 15.8 Å². The summed E-state index contributed by atoms with van der Waals surface area (Å²) in [6.07, 6.45) is 0. The zero-order valence-electron chi connectivity index (χ0n) is 12.6. The summed E-state index contributed by atoms with van der Waals surface area (Å²) in [7, 11) is 0. The van der Waals surface area contributed by atoms with Crippen molar-refractivity contribution in [2.24, 2.45) is 0 Å². The number of carbonyl (C=O) groups is 1. The van der Waals surface area contributed by atoms with E-state index in [9.17, 15) is 9.18 Å². The number of rotatable bonds is 3. The number of morpholine rings is 1. The molecule has 5 nitrogen and oxygen atoms in total. The van der Waals surface area contributed by atoms with E-state index in [2.05, 4.69) is 0 Å². The van der Waals surface area contributed by atoms with Crippen LogP contribution in [0.25, 0.3) is 0 Å². The lowest BCUT2D eigenvalue weighted by atomic mass is 10.00. The zero-order chi connectivity index (χ0) is 15.6. The van der Waals surface area contributed by atoms with Crippen molar-refractivity contribution < 1.29 is 18.7 Å². The van der Waals surface area contributed by atoms with E-state index in [4.69, 9.17) is 15.2 Å². The van der Waals surface area contributed by atoms with Crippen molar-refractivity contribution in [1.82, 2.24) is 0 Å². The number of halogens is 1. The third kappa shape index (κ3) is 3.10. The van der Waals surface area contributed by atoms with E-state index in [-0.39, 0.29) is 23.4 Å². The number of benzene rings is 1. The lowest BCUT2D eigenvalue weighted by Gasteiger charge is -2.44. The van der Waals surface area contributed by atoms with Gasteiger partial charge in [0.1, 0.15) is 5.82 Å². The molecule has 0 saturated carbocycles. The van der Waals surface area contributed by atoms with Crippen molar-refractivity contribution in [3.8, 4) is 0 Å². The first-order valence-corrected chi connectivity index (χ1v) is 6.98. The fourth-order valence-electron chi connectivity index (χ4n) is 2.47. The van der Waals surface area contributed by atoms with Crippen molar-refractivity contribution in [3.05, 3.63) is 23.5 Å². The molecule has 1 fully saturated rings. The smallest absolute Gasteiger partial charge is 0.340 e. The van der Waals surface area contributed by atoms with Gasteiger partial charge in [-0.3, -0.25) is 0 Å². The van der Waals surface area contributed by atoms with Crippen molar-refractivity contribution in [2.75, 3.05) is 37.0 Å². The first kappa shape index (κ1) is 15.6. The molecule has 0 amide bonds. The molecule has 0 unspecified atom stereocenters. The van der Waals surface area contributed by atoms with Crippen molar-refractivity contribution in [1.29, 1.82) is 0 Å². The molecule has 1 aliphatic heterocycles. The van der Waals surface area contributed by atoms with Gasteiger partial charge in [0.15, 0.2) is 0 Å². The van der Waals surface area contributed by atoms with Gasteiger partial charge < -0.3 is 20.1 Å². The molecule has 1 aromatic rings. The van der Waals surface area contributed by atoms with Gasteiger partial charge in [-0.25, -0.2) is 9.18 Å². The molecule has 0 atom stereocenters. The van der Waals surface area contributed by atoms with E-state index >= 15 is 0 Å². The second-order valence-corrected chi connectivity index (χ2v) is 5.63. The van der Waals surface area contributed by atoms with E-state index in [1.807, 2.05) is 18.7 Å². The summed E-state index contributed by atoms with van der Waals surface area (Å²) in [5.74, 6) is -0.988. The molecule has 2 rings (SSSR count). The largest absolute Gasteiger partial charge is 0.462 e. The maximum absolute atomic E-state index is 14.3. The van der Waals surface area contributed by atoms with Gasteiger partial charge in [-0.2, -0.15) is 0 Å². The molecule has 1 saturated heterocycles. The second kappa shape index (κ2) is 5.89. The summed E-state index contributed by atoms with van der Waals surface area (Å²) in [6, 6.07) is 2.64. The Bertz CT molecular complexity index is 546. The highest BCUT2D eigenvalue weighted by Gasteiger charge is 2.33. The van der Waals surface area contributed by atoms with Crippen LogP contribution >= 0.6 is 0 Å². The van der Waals surface area contributed by atoms with Crippen LogP contribution in [0.2, 0.25) is 0 Å². The molecular weight excluding hydrogens is 275 g/mol. The number of nitrogen functional groups attached to an aromatic ring is 1. The number of ether oxygens (including phenoxy) is 2. The minimum Gasteiger partial charge on any atom is -0.462 e. The molecule has 1 aromatic carbocycles. The number of carbonyl (C=O) groups excluding carboxylic acids is 1. The lowest BCUT2D eigenvalue weighted by molar-refractivity contribution is 0.0527. The highest BCUT2D eigenvalue weighted by molar-refractivity contribution is 5.96. The molecule has 0 spiro atoms. The maximum atomic E-state index is 14.3. The zero-order valence-corrected chi connectivity index (χ0v) is 12.6. The van der Waals surface area contributed by atoms with Gasteiger partial charge in [0, 0.05) is 12.2 Å². The SMILES string of the molecule is CCOC(=O)c1cc(N2CCOCC2(C)C)c(F)cc1N. The second-order valence-electron chi connectivity index (χ2n) is 5.63. The molecule has 2 N–H and O–H groups in total. The Hall–Kier alpha value is -1.82. The molecule has 6 heteroatoms. The Morgan fingerprint density at radius 1 is 1.52 bits per heavy atom. The first-order valence-electron chi connectivity index (χ1n) is 6.98. The Kier molecular flexibility index (Phi) is 4.37. The van der Waals surface area contributed by atoms with Gasteiger partial charge in [-0.1, -0.05) is 0 Å². The Labute approximate surface area is 123 Å². The predicted octanol–water partition coefficient (Wildman–Crippen LogP) is 2.20. The molecule has 1 aliphatic rings. The number of hydrogen-bond donors (Lipinski definition) is 1. The van der Waals surface area contributed by atoms with Crippen LogP contribution in [0, 0.1) is 5.82 Å². The standard InChI is InChI=1S/C15H21FN2O3/c1-4-21-14(19)10-7-13(11(16)8-12(10)17)18-5-6-20-9-15(18,2)3/h7-8H,4-6,9,17H2,1-3H3. The molecule has 0 radical (unpaired) electrons. The summed E-state index contributed by atoms with van der Waals surface area (Å²) in [5.41, 5.74) is 6.00. The minimum atomic E-state index is -0.540. The number of nitrogens with two attached hydrogens (primary N) is 1. The van der Waals surface area contributed by atoms with Gasteiger partial charge in [0.25, 0.3) is 0 Å². The average Bonchev–Trinajstić information content (AvgIpc) is 2.39. The molecule has 0 aromatic heterocycles. The van der Waals surface area contributed by atoms with Gasteiger partial charge in [-0.05, 0) is 32.9 Å². The lowest BCUT2D eigenvalue weighted by Crippen LogP contribution is -2.53. The Morgan fingerprint density at radius 2 is 2.24 bits per heavy atom. The number of anilines is 2. The van der Waals surface area contributed by atoms with E-state index in [1.165, 1.54) is 12.1 Å². The van der Waals surface area contributed by atoms with Crippen LogP contribution in [-0.2, 0) is 9.47 Å². The summed E-state index contributed by atoms with van der Waals surface area (Å²) in [4.78, 5) is 13.8. The quantitative estimate of drug-likeness (QED) is 0.684. The average molecular weight is 296 g/mol. The third-order valence-corrected chi connectivity index (χ3v) is 3.55. The van der Waals surface area contributed by atoms with Gasteiger partial charge in [0.2, 0.25) is 0 Å². The topological polar surface area (TPSA) is 64.8 Å². The molecule has 116 valence electrons. The fraction of sp³-hybridized carbons (Fsp3) is 0.533. The molecule has 0 bridgehead atoms. The van der Waals surface area contributed by atoms with Gasteiger partial charge in [-0.15, -0.1) is 0 Å². The van der Waals surface area contributed by atoms with Gasteiger partial charge in [0.05, 0.1) is 36.6 Å². The highest BCUT2D eigenvalue weighted by atomic mass is 19.1. The fourth-order valence-corrected chi connectivity index (χ4v) is 2.47. The van der Waals surface area contributed by atoms with Crippen LogP contribution in [0.15, 0.2) is 12.1 Å². The molecular formula is C15H21FN2O3. The minimum absolute atomic E-state index is 0.0840. The third-order valence-electron chi connectivity index (χ3n) is 3.55. The predicted molar refractivity (Wildman–Crippen MR) is 79.0 cm³/mol. The summed E-state index contributed by atoms with van der Waals surface area (Å²) < 4.78 is 24.7.